The molecule has 2 amide bonds. The lowest BCUT2D eigenvalue weighted by Gasteiger charge is -2.23. The van der Waals surface area contributed by atoms with E-state index in [2.05, 4.69) is 5.32 Å². The van der Waals surface area contributed by atoms with Gasteiger partial charge in [-0.25, -0.2) is 4.39 Å². The lowest BCUT2D eigenvalue weighted by atomic mass is 9.95. The summed E-state index contributed by atoms with van der Waals surface area (Å²) in [5, 5.41) is 2.93. The zero-order valence-electron chi connectivity index (χ0n) is 17.9. The number of hydrogen-bond acceptors (Lipinski definition) is 3. The first-order valence-electron chi connectivity index (χ1n) is 10.6. The molecule has 0 saturated carbocycles. The van der Waals surface area contributed by atoms with Gasteiger partial charge in [-0.3, -0.25) is 9.59 Å². The Morgan fingerprint density at radius 1 is 1.06 bits per heavy atom. The maximum Gasteiger partial charge on any atom is 0.254 e. The maximum atomic E-state index is 13.3. The normalized spacial score (nSPS) is 16.2. The van der Waals surface area contributed by atoms with Crippen LogP contribution in [0.2, 0.25) is 0 Å². The highest BCUT2D eigenvalue weighted by Crippen LogP contribution is 2.23. The Balaban J connectivity index is 1.52. The topological polar surface area (TPSA) is 58.6 Å². The van der Waals surface area contributed by atoms with Crippen LogP contribution in [-0.4, -0.2) is 43.5 Å². The highest BCUT2D eigenvalue weighted by atomic mass is 19.1. The van der Waals surface area contributed by atoms with Crippen LogP contribution in [0.4, 0.5) is 4.39 Å². The Hall–Kier alpha value is -3.67. The van der Waals surface area contributed by atoms with Gasteiger partial charge in [0.2, 0.25) is 5.91 Å². The van der Waals surface area contributed by atoms with Crippen molar-refractivity contribution in [3.63, 3.8) is 0 Å². The van der Waals surface area contributed by atoms with Gasteiger partial charge in [0, 0.05) is 25.2 Å². The van der Waals surface area contributed by atoms with E-state index in [4.69, 9.17) is 4.74 Å². The summed E-state index contributed by atoms with van der Waals surface area (Å²) in [5.41, 5.74) is 3.40. The lowest BCUT2D eigenvalue weighted by Crippen LogP contribution is -2.37. The Bertz CT molecular complexity index is 1110. The Labute approximate surface area is 186 Å². The third-order valence-corrected chi connectivity index (χ3v) is 5.68. The summed E-state index contributed by atoms with van der Waals surface area (Å²) in [6.45, 7) is 1.21. The Morgan fingerprint density at radius 2 is 1.84 bits per heavy atom. The molecule has 3 aromatic rings. The fraction of sp³-hybridized carbons (Fsp3) is 0.231. The summed E-state index contributed by atoms with van der Waals surface area (Å²) < 4.78 is 18.5. The molecule has 32 heavy (non-hydrogen) atoms. The van der Waals surface area contributed by atoms with E-state index in [1.54, 1.807) is 48.4 Å². The van der Waals surface area contributed by atoms with Gasteiger partial charge in [-0.2, -0.15) is 0 Å². The van der Waals surface area contributed by atoms with Crippen LogP contribution in [0.1, 0.15) is 15.9 Å². The van der Waals surface area contributed by atoms with Gasteiger partial charge in [0.05, 0.1) is 13.0 Å². The number of nitrogens with one attached hydrogen (secondary N) is 1. The van der Waals surface area contributed by atoms with Gasteiger partial charge in [-0.1, -0.05) is 42.5 Å². The van der Waals surface area contributed by atoms with Crippen LogP contribution >= 0.6 is 0 Å². The van der Waals surface area contributed by atoms with Crippen molar-refractivity contribution in [1.29, 1.82) is 0 Å². The highest BCUT2D eigenvalue weighted by molar-refractivity contribution is 5.95. The molecule has 1 aliphatic heterocycles. The first-order chi connectivity index (χ1) is 15.5. The molecule has 0 bridgehead atoms. The number of rotatable bonds is 5. The second-order valence-electron chi connectivity index (χ2n) is 7.88. The monoisotopic (exact) mass is 432 g/mol. The van der Waals surface area contributed by atoms with Crippen molar-refractivity contribution in [3.05, 3.63) is 89.7 Å². The molecule has 0 aromatic heterocycles. The fourth-order valence-electron chi connectivity index (χ4n) is 3.98. The third kappa shape index (κ3) is 4.97. The van der Waals surface area contributed by atoms with Crippen LogP contribution < -0.4 is 10.1 Å². The summed E-state index contributed by atoms with van der Waals surface area (Å²) in [6, 6.07) is 21.3. The average Bonchev–Trinajstić information content (AvgIpc) is 3.00. The van der Waals surface area contributed by atoms with E-state index in [1.165, 1.54) is 12.1 Å². The van der Waals surface area contributed by atoms with Crippen molar-refractivity contribution < 1.29 is 18.7 Å². The van der Waals surface area contributed by atoms with E-state index in [9.17, 15) is 14.0 Å². The summed E-state index contributed by atoms with van der Waals surface area (Å²) >= 11 is 0. The molecule has 5 nitrogen and oxygen atoms in total. The third-order valence-electron chi connectivity index (χ3n) is 5.68. The van der Waals surface area contributed by atoms with E-state index in [-0.39, 0.29) is 23.5 Å². The van der Waals surface area contributed by atoms with Gasteiger partial charge in [0.15, 0.2) is 0 Å². The molecule has 1 fully saturated rings. The minimum atomic E-state index is -0.365. The number of carbonyl (C=O) groups excluding carboxylic acids is 2. The molecule has 164 valence electrons. The Morgan fingerprint density at radius 3 is 2.62 bits per heavy atom. The van der Waals surface area contributed by atoms with Gasteiger partial charge in [0.25, 0.3) is 5.91 Å². The van der Waals surface area contributed by atoms with Crippen molar-refractivity contribution >= 4 is 11.8 Å². The molecule has 1 atom stereocenters. The van der Waals surface area contributed by atoms with Crippen LogP contribution in [0, 0.1) is 11.7 Å². The van der Waals surface area contributed by atoms with Crippen molar-refractivity contribution in [2.75, 3.05) is 26.7 Å². The zero-order chi connectivity index (χ0) is 22.5. The minimum absolute atomic E-state index is 0.0573. The standard InChI is InChI=1S/C26H25FN2O3/c1-32-24-7-3-6-21(16-24)26(31)29-13-12-28-25(30)22(17-29)15-18-4-2-5-20(14-18)19-8-10-23(27)11-9-19/h2-11,14,16,22H,12-13,15,17H2,1H3,(H,28,30)/t22-/m1/s1. The van der Waals surface area contributed by atoms with Crippen LogP contribution in [0.5, 0.6) is 5.75 Å². The van der Waals surface area contributed by atoms with Crippen LogP contribution in [0.3, 0.4) is 0 Å². The number of hydrogen-bond donors (Lipinski definition) is 1. The van der Waals surface area contributed by atoms with Gasteiger partial charge in [-0.05, 0) is 53.4 Å². The first-order valence-corrected chi connectivity index (χ1v) is 10.6. The van der Waals surface area contributed by atoms with Crippen molar-refractivity contribution in [3.8, 4) is 16.9 Å². The lowest BCUT2D eigenvalue weighted by molar-refractivity contribution is -0.124. The van der Waals surface area contributed by atoms with Crippen molar-refractivity contribution in [2.24, 2.45) is 5.92 Å². The van der Waals surface area contributed by atoms with E-state index in [0.29, 0.717) is 37.4 Å². The second-order valence-corrected chi connectivity index (χ2v) is 7.88. The van der Waals surface area contributed by atoms with Crippen molar-refractivity contribution in [2.45, 2.75) is 6.42 Å². The number of methoxy groups -OCH3 is 1. The molecule has 3 aromatic carbocycles. The molecule has 0 spiro atoms. The summed E-state index contributed by atoms with van der Waals surface area (Å²) in [4.78, 5) is 27.5. The first kappa shape index (κ1) is 21.6. The number of halogens is 1. The van der Waals surface area contributed by atoms with Crippen LogP contribution in [0.15, 0.2) is 72.8 Å². The van der Waals surface area contributed by atoms with E-state index in [1.807, 2.05) is 24.3 Å². The largest absolute Gasteiger partial charge is 0.497 e. The molecular weight excluding hydrogens is 407 g/mol. The zero-order valence-corrected chi connectivity index (χ0v) is 17.9. The Kier molecular flexibility index (Phi) is 6.50. The number of amides is 2. The van der Waals surface area contributed by atoms with Crippen LogP contribution in [0.25, 0.3) is 11.1 Å². The average molecular weight is 432 g/mol. The summed E-state index contributed by atoms with van der Waals surface area (Å²) in [5.74, 6) is -0.200. The molecular formula is C26H25FN2O3. The SMILES string of the molecule is COc1cccc(C(=O)N2CCNC(=O)[C@H](Cc3cccc(-c4ccc(F)cc4)c3)C2)c1. The number of nitrogens with zero attached hydrogens (tertiary/aromatic N) is 1. The predicted octanol–water partition coefficient (Wildman–Crippen LogP) is 3.93. The quantitative estimate of drug-likeness (QED) is 0.665. The summed E-state index contributed by atoms with van der Waals surface area (Å²) in [7, 11) is 1.56. The molecule has 0 aliphatic carbocycles. The molecule has 4 rings (SSSR count). The highest BCUT2D eigenvalue weighted by Gasteiger charge is 2.28. The fourth-order valence-corrected chi connectivity index (χ4v) is 3.98. The smallest absolute Gasteiger partial charge is 0.254 e. The van der Waals surface area contributed by atoms with Gasteiger partial charge in [-0.15, -0.1) is 0 Å². The molecule has 0 radical (unpaired) electrons. The molecule has 1 N–H and O–H groups in total. The van der Waals surface area contributed by atoms with Crippen molar-refractivity contribution in [1.82, 2.24) is 10.2 Å². The van der Waals surface area contributed by atoms with E-state index >= 15 is 0 Å². The molecule has 1 heterocycles. The number of benzene rings is 3. The summed E-state index contributed by atoms with van der Waals surface area (Å²) in [6.07, 6.45) is 0.503. The minimum Gasteiger partial charge on any atom is -0.497 e. The predicted molar refractivity (Wildman–Crippen MR) is 121 cm³/mol. The van der Waals surface area contributed by atoms with Gasteiger partial charge < -0.3 is 15.0 Å². The molecule has 1 saturated heterocycles. The van der Waals surface area contributed by atoms with Crippen LogP contribution in [-0.2, 0) is 11.2 Å². The number of carbonyl (C=O) groups is 2. The molecule has 0 unspecified atom stereocenters. The van der Waals surface area contributed by atoms with Gasteiger partial charge in [0.1, 0.15) is 11.6 Å². The van der Waals surface area contributed by atoms with E-state index in [0.717, 1.165) is 16.7 Å². The molecule has 6 heteroatoms. The molecule has 1 aliphatic rings. The van der Waals surface area contributed by atoms with E-state index < -0.39 is 0 Å². The second kappa shape index (κ2) is 9.64. The van der Waals surface area contributed by atoms with Gasteiger partial charge >= 0.3 is 0 Å². The number of ether oxygens (including phenoxy) is 1. The maximum absolute atomic E-state index is 13.3.